The van der Waals surface area contributed by atoms with Crippen LogP contribution in [0.3, 0.4) is 0 Å². The number of carbonyl (C=O) groups excluding carboxylic acids is 1. The Bertz CT molecular complexity index is 1270. The molecule has 0 N–H and O–H groups in total. The third kappa shape index (κ3) is 3.47. The van der Waals surface area contributed by atoms with E-state index in [0.717, 1.165) is 4.57 Å². The average Bonchev–Trinajstić information content (AvgIpc) is 3.05. The van der Waals surface area contributed by atoms with Crippen molar-refractivity contribution < 1.29 is 19.0 Å². The number of nitrogens with zero attached hydrogens (tertiary/aromatic N) is 4. The second-order valence-electron chi connectivity index (χ2n) is 6.59. The maximum atomic E-state index is 12.5. The van der Waals surface area contributed by atoms with Crippen LogP contribution in [0.2, 0.25) is 0 Å². The van der Waals surface area contributed by atoms with E-state index in [4.69, 9.17) is 14.2 Å². The predicted molar refractivity (Wildman–Crippen MR) is 111 cm³/mol. The van der Waals surface area contributed by atoms with Crippen LogP contribution >= 0.6 is 0 Å². The van der Waals surface area contributed by atoms with Crippen LogP contribution in [0.5, 0.6) is 17.2 Å². The number of aryl methyl sites for hydroxylation is 2. The zero-order valence-electron chi connectivity index (χ0n) is 17.5. The molecular weight excluding hydrogens is 392 g/mol. The van der Waals surface area contributed by atoms with Crippen molar-refractivity contribution in [3.05, 3.63) is 44.4 Å². The van der Waals surface area contributed by atoms with Gasteiger partial charge in [0.25, 0.3) is 5.56 Å². The first-order valence-electron chi connectivity index (χ1n) is 8.94. The Morgan fingerprint density at radius 3 is 2.10 bits per heavy atom. The van der Waals surface area contributed by atoms with Gasteiger partial charge in [-0.1, -0.05) is 6.08 Å². The van der Waals surface area contributed by atoms with Gasteiger partial charge in [-0.25, -0.2) is 9.78 Å². The zero-order chi connectivity index (χ0) is 22.2. The molecule has 0 aliphatic carbocycles. The van der Waals surface area contributed by atoms with Crippen LogP contribution in [0.4, 0.5) is 0 Å². The highest BCUT2D eigenvalue weighted by molar-refractivity contribution is 5.78. The third-order valence-electron chi connectivity index (χ3n) is 4.66. The quantitative estimate of drug-likeness (QED) is 0.454. The summed E-state index contributed by atoms with van der Waals surface area (Å²) in [5.74, 6) is 0.814. The molecule has 0 amide bonds. The summed E-state index contributed by atoms with van der Waals surface area (Å²) in [7, 11) is 7.60. The fourth-order valence-corrected chi connectivity index (χ4v) is 3.10. The molecule has 30 heavy (non-hydrogen) atoms. The third-order valence-corrected chi connectivity index (χ3v) is 4.66. The number of carbonyl (C=O) groups is 1. The molecule has 3 aromatic rings. The highest BCUT2D eigenvalue weighted by Gasteiger charge is 2.17. The summed E-state index contributed by atoms with van der Waals surface area (Å²) in [5, 5.41) is 0. The molecule has 158 valence electrons. The van der Waals surface area contributed by atoms with Crippen molar-refractivity contribution in [1.82, 2.24) is 18.7 Å². The highest BCUT2D eigenvalue weighted by atomic mass is 16.6. The number of esters is 1. The van der Waals surface area contributed by atoms with Gasteiger partial charge in [0.15, 0.2) is 22.7 Å². The molecule has 0 saturated carbocycles. The van der Waals surface area contributed by atoms with Crippen LogP contribution in [-0.4, -0.2) is 38.9 Å². The van der Waals surface area contributed by atoms with Crippen molar-refractivity contribution in [2.45, 2.75) is 6.92 Å². The molecule has 0 fully saturated rings. The number of benzene rings is 1. The lowest BCUT2D eigenvalue weighted by Crippen LogP contribution is -2.37. The Kier molecular flexibility index (Phi) is 5.50. The van der Waals surface area contributed by atoms with Gasteiger partial charge in [0, 0.05) is 28.1 Å². The van der Waals surface area contributed by atoms with E-state index in [-0.39, 0.29) is 5.75 Å². The van der Waals surface area contributed by atoms with E-state index in [0.29, 0.717) is 34.1 Å². The Labute approximate surface area is 171 Å². The summed E-state index contributed by atoms with van der Waals surface area (Å²) in [6, 6.07) is 3.35. The van der Waals surface area contributed by atoms with Crippen LogP contribution in [0, 0.1) is 0 Å². The lowest BCUT2D eigenvalue weighted by atomic mass is 10.1. The summed E-state index contributed by atoms with van der Waals surface area (Å²) in [6.07, 6.45) is 3.44. The van der Waals surface area contributed by atoms with E-state index in [9.17, 15) is 14.4 Å². The van der Waals surface area contributed by atoms with Crippen LogP contribution in [0.25, 0.3) is 23.3 Å². The molecular formula is C20H22N4O6. The SMILES string of the molecule is COc1cc(C=Cc2nc3c(c(=O)n(C)c(=O)n3C)n2C)cc(OC)c1OC(C)=O. The summed E-state index contributed by atoms with van der Waals surface area (Å²) in [4.78, 5) is 40.4. The van der Waals surface area contributed by atoms with Gasteiger partial charge in [-0.2, -0.15) is 0 Å². The van der Waals surface area contributed by atoms with E-state index in [1.54, 1.807) is 42.9 Å². The first-order chi connectivity index (χ1) is 14.2. The normalized spacial score (nSPS) is 11.3. The van der Waals surface area contributed by atoms with Crippen LogP contribution < -0.4 is 25.5 Å². The lowest BCUT2D eigenvalue weighted by Gasteiger charge is -2.13. The lowest BCUT2D eigenvalue weighted by molar-refractivity contribution is -0.132. The molecule has 0 atom stereocenters. The van der Waals surface area contributed by atoms with Gasteiger partial charge in [0.2, 0.25) is 5.75 Å². The minimum Gasteiger partial charge on any atom is -0.493 e. The van der Waals surface area contributed by atoms with Crippen molar-refractivity contribution in [2.24, 2.45) is 21.1 Å². The molecule has 0 unspecified atom stereocenters. The number of imidazole rings is 1. The molecule has 0 aliphatic rings. The average molecular weight is 414 g/mol. The number of rotatable bonds is 5. The van der Waals surface area contributed by atoms with E-state index in [1.807, 2.05) is 0 Å². The Morgan fingerprint density at radius 1 is 0.967 bits per heavy atom. The molecule has 0 aliphatic heterocycles. The minimum atomic E-state index is -0.498. The van der Waals surface area contributed by atoms with Crippen molar-refractivity contribution >= 4 is 29.3 Å². The number of methoxy groups -OCH3 is 2. The number of aromatic nitrogens is 4. The molecule has 3 rings (SSSR count). The van der Waals surface area contributed by atoms with Crippen LogP contribution in [0.15, 0.2) is 21.7 Å². The molecule has 2 aromatic heterocycles. The Balaban J connectivity index is 2.11. The van der Waals surface area contributed by atoms with Crippen LogP contribution in [0.1, 0.15) is 18.3 Å². The fraction of sp³-hybridized carbons (Fsp3) is 0.300. The van der Waals surface area contributed by atoms with Gasteiger partial charge in [0.1, 0.15) is 5.82 Å². The molecule has 0 radical (unpaired) electrons. The minimum absolute atomic E-state index is 0.186. The largest absolute Gasteiger partial charge is 0.493 e. The standard InChI is InChI=1S/C20H22N4O6/c1-11(25)30-17-13(28-5)9-12(10-14(17)29-6)7-8-15-21-18-16(22(15)2)19(26)24(4)20(27)23(18)3/h7-10H,1-6H3. The van der Waals surface area contributed by atoms with E-state index in [1.165, 1.54) is 32.8 Å². The smallest absolute Gasteiger partial charge is 0.332 e. The Morgan fingerprint density at radius 2 is 1.57 bits per heavy atom. The van der Waals surface area contributed by atoms with Crippen molar-refractivity contribution in [3.8, 4) is 17.2 Å². The van der Waals surface area contributed by atoms with E-state index >= 15 is 0 Å². The second-order valence-corrected chi connectivity index (χ2v) is 6.59. The maximum Gasteiger partial charge on any atom is 0.332 e. The van der Waals surface area contributed by atoms with Gasteiger partial charge in [-0.15, -0.1) is 0 Å². The molecule has 0 saturated heterocycles. The molecule has 1 aromatic carbocycles. The zero-order valence-corrected chi connectivity index (χ0v) is 17.5. The number of hydrogen-bond acceptors (Lipinski definition) is 7. The van der Waals surface area contributed by atoms with Gasteiger partial charge < -0.3 is 18.8 Å². The first-order valence-corrected chi connectivity index (χ1v) is 8.94. The topological polar surface area (TPSA) is 107 Å². The Hall–Kier alpha value is -3.82. The van der Waals surface area contributed by atoms with Crippen LogP contribution in [-0.2, 0) is 25.9 Å². The molecule has 2 heterocycles. The molecule has 10 heteroatoms. The second kappa shape index (κ2) is 7.90. The maximum absolute atomic E-state index is 12.5. The number of fused-ring (bicyclic) bond motifs is 1. The first kappa shape index (κ1) is 20.9. The predicted octanol–water partition coefficient (Wildman–Crippen LogP) is 1.08. The van der Waals surface area contributed by atoms with Crippen molar-refractivity contribution in [1.29, 1.82) is 0 Å². The van der Waals surface area contributed by atoms with Gasteiger partial charge >= 0.3 is 11.7 Å². The summed E-state index contributed by atoms with van der Waals surface area (Å²) in [5.41, 5.74) is 0.437. The molecule has 0 bridgehead atoms. The van der Waals surface area contributed by atoms with Crippen molar-refractivity contribution in [3.63, 3.8) is 0 Å². The fourth-order valence-electron chi connectivity index (χ4n) is 3.10. The van der Waals surface area contributed by atoms with Gasteiger partial charge in [-0.05, 0) is 23.8 Å². The van der Waals surface area contributed by atoms with E-state index < -0.39 is 17.2 Å². The van der Waals surface area contributed by atoms with E-state index in [2.05, 4.69) is 4.98 Å². The summed E-state index contributed by atoms with van der Waals surface area (Å²) >= 11 is 0. The van der Waals surface area contributed by atoms with Gasteiger partial charge in [-0.3, -0.25) is 18.7 Å². The summed E-state index contributed by atoms with van der Waals surface area (Å²) < 4.78 is 19.8. The van der Waals surface area contributed by atoms with Gasteiger partial charge in [0.05, 0.1) is 14.2 Å². The molecule has 0 spiro atoms. The number of hydrogen-bond donors (Lipinski definition) is 0. The number of ether oxygens (including phenoxy) is 3. The van der Waals surface area contributed by atoms with Crippen molar-refractivity contribution in [2.75, 3.05) is 14.2 Å². The summed E-state index contributed by atoms with van der Waals surface area (Å²) in [6.45, 7) is 1.29. The molecule has 10 nitrogen and oxygen atoms in total. The monoisotopic (exact) mass is 414 g/mol. The highest BCUT2D eigenvalue weighted by Crippen LogP contribution is 2.39.